The van der Waals surface area contributed by atoms with Gasteiger partial charge in [-0.2, -0.15) is 4.31 Å². The Morgan fingerprint density at radius 2 is 1.80 bits per heavy atom. The smallest absolute Gasteiger partial charge is 0.207 e. The minimum atomic E-state index is -3.58. The Morgan fingerprint density at radius 3 is 2.35 bits per heavy atom. The van der Waals surface area contributed by atoms with Gasteiger partial charge in [0.2, 0.25) is 10.0 Å². The third kappa shape index (κ3) is 3.25. The first-order valence-electron chi connectivity index (χ1n) is 6.40. The van der Waals surface area contributed by atoms with Gasteiger partial charge in [0.25, 0.3) is 0 Å². The molecular formula is C13H16Cl3NO2S. The molecule has 0 unspecified atom stereocenters. The molecule has 1 fully saturated rings. The van der Waals surface area contributed by atoms with Crippen LogP contribution in [0, 0.1) is 5.92 Å². The van der Waals surface area contributed by atoms with Crippen LogP contribution in [0.4, 0.5) is 0 Å². The first-order chi connectivity index (χ1) is 9.36. The number of nitrogens with zero attached hydrogens (tertiary/aromatic N) is 1. The van der Waals surface area contributed by atoms with Crippen molar-refractivity contribution in [1.29, 1.82) is 0 Å². The van der Waals surface area contributed by atoms with Crippen molar-refractivity contribution in [2.24, 2.45) is 5.92 Å². The predicted molar refractivity (Wildman–Crippen MR) is 83.2 cm³/mol. The second-order valence-corrected chi connectivity index (χ2v) is 8.08. The summed E-state index contributed by atoms with van der Waals surface area (Å²) in [6.07, 6.45) is 1.74. The third-order valence-electron chi connectivity index (χ3n) is 3.61. The predicted octanol–water partition coefficient (Wildman–Crippen LogP) is 4.15. The SMILES string of the molecule is CC1CCN(S(=O)(=O)c2cc(CCl)c(Cl)cc2Cl)CC1. The number of rotatable bonds is 3. The molecule has 0 spiro atoms. The van der Waals surface area contributed by atoms with Crippen LogP contribution in [0.1, 0.15) is 25.3 Å². The highest BCUT2D eigenvalue weighted by atomic mass is 35.5. The highest BCUT2D eigenvalue weighted by Crippen LogP contribution is 2.32. The molecule has 0 aromatic heterocycles. The fourth-order valence-corrected chi connectivity index (χ4v) is 4.83. The summed E-state index contributed by atoms with van der Waals surface area (Å²) in [5.41, 5.74) is 0.571. The molecule has 1 aromatic rings. The highest BCUT2D eigenvalue weighted by molar-refractivity contribution is 7.89. The topological polar surface area (TPSA) is 37.4 Å². The normalized spacial score (nSPS) is 18.4. The standard InChI is InChI=1S/C13H16Cl3NO2S/c1-9-2-4-17(5-3-9)20(18,19)13-6-10(8-14)11(15)7-12(13)16/h6-7,9H,2-5,8H2,1H3. The molecular weight excluding hydrogens is 341 g/mol. The summed E-state index contributed by atoms with van der Waals surface area (Å²) in [6.45, 7) is 3.18. The van der Waals surface area contributed by atoms with Gasteiger partial charge in [-0.3, -0.25) is 0 Å². The molecule has 0 radical (unpaired) electrons. The number of halogens is 3. The van der Waals surface area contributed by atoms with E-state index in [1.807, 2.05) is 0 Å². The van der Waals surface area contributed by atoms with Crippen LogP contribution >= 0.6 is 34.8 Å². The molecule has 1 aliphatic rings. The minimum Gasteiger partial charge on any atom is -0.207 e. The van der Waals surface area contributed by atoms with E-state index in [4.69, 9.17) is 34.8 Å². The van der Waals surface area contributed by atoms with Crippen LogP contribution in [-0.2, 0) is 15.9 Å². The number of benzene rings is 1. The van der Waals surface area contributed by atoms with E-state index in [2.05, 4.69) is 6.92 Å². The van der Waals surface area contributed by atoms with Crippen LogP contribution in [0.5, 0.6) is 0 Å². The summed E-state index contributed by atoms with van der Waals surface area (Å²) >= 11 is 17.8. The van der Waals surface area contributed by atoms with Crippen LogP contribution in [0.3, 0.4) is 0 Å². The molecule has 0 atom stereocenters. The maximum absolute atomic E-state index is 12.6. The van der Waals surface area contributed by atoms with Gasteiger partial charge in [-0.25, -0.2) is 8.42 Å². The molecule has 3 nitrogen and oxygen atoms in total. The molecule has 0 N–H and O–H groups in total. The van der Waals surface area contributed by atoms with Gasteiger partial charge in [0.05, 0.1) is 5.02 Å². The van der Waals surface area contributed by atoms with E-state index in [-0.39, 0.29) is 15.8 Å². The van der Waals surface area contributed by atoms with Crippen molar-refractivity contribution in [2.45, 2.75) is 30.5 Å². The Labute approximate surface area is 134 Å². The Morgan fingerprint density at radius 1 is 1.20 bits per heavy atom. The van der Waals surface area contributed by atoms with Crippen molar-refractivity contribution in [1.82, 2.24) is 4.31 Å². The summed E-state index contributed by atoms with van der Waals surface area (Å²) in [5.74, 6) is 0.704. The number of sulfonamides is 1. The zero-order valence-electron chi connectivity index (χ0n) is 11.1. The van der Waals surface area contributed by atoms with Gasteiger partial charge in [0.1, 0.15) is 4.90 Å². The first-order valence-corrected chi connectivity index (χ1v) is 9.13. The molecule has 1 aliphatic heterocycles. The van der Waals surface area contributed by atoms with E-state index < -0.39 is 10.0 Å². The first kappa shape index (κ1) is 16.4. The Bertz CT molecular complexity index is 596. The van der Waals surface area contributed by atoms with E-state index in [1.165, 1.54) is 16.4 Å². The lowest BCUT2D eigenvalue weighted by Crippen LogP contribution is -2.38. The average Bonchev–Trinajstić information content (AvgIpc) is 2.39. The van der Waals surface area contributed by atoms with Gasteiger partial charge in [0.15, 0.2) is 0 Å². The molecule has 20 heavy (non-hydrogen) atoms. The Kier molecular flexibility index (Phi) is 5.24. The molecule has 1 aromatic carbocycles. The van der Waals surface area contributed by atoms with Crippen molar-refractivity contribution in [3.8, 4) is 0 Å². The van der Waals surface area contributed by atoms with Crippen LogP contribution in [0.2, 0.25) is 10.0 Å². The molecule has 112 valence electrons. The number of hydrogen-bond donors (Lipinski definition) is 0. The molecule has 0 saturated carbocycles. The second-order valence-electron chi connectivity index (χ2n) is 5.09. The minimum absolute atomic E-state index is 0.0915. The van der Waals surface area contributed by atoms with Crippen molar-refractivity contribution in [3.63, 3.8) is 0 Å². The summed E-state index contributed by atoms with van der Waals surface area (Å²) in [7, 11) is -3.58. The fraction of sp³-hybridized carbons (Fsp3) is 0.538. The quantitative estimate of drug-likeness (QED) is 0.763. The van der Waals surface area contributed by atoms with Crippen LogP contribution in [0.25, 0.3) is 0 Å². The van der Waals surface area contributed by atoms with Gasteiger partial charge in [-0.1, -0.05) is 30.1 Å². The number of piperidine rings is 1. The van der Waals surface area contributed by atoms with E-state index in [0.29, 0.717) is 29.6 Å². The van der Waals surface area contributed by atoms with E-state index in [9.17, 15) is 8.42 Å². The van der Waals surface area contributed by atoms with Crippen LogP contribution < -0.4 is 0 Å². The molecule has 1 saturated heterocycles. The maximum Gasteiger partial charge on any atom is 0.244 e. The van der Waals surface area contributed by atoms with E-state index in [1.54, 1.807) is 0 Å². The molecule has 7 heteroatoms. The Balaban J connectivity index is 2.39. The van der Waals surface area contributed by atoms with Crippen LogP contribution in [-0.4, -0.2) is 25.8 Å². The van der Waals surface area contributed by atoms with Gasteiger partial charge >= 0.3 is 0 Å². The summed E-state index contributed by atoms with van der Waals surface area (Å²) < 4.78 is 26.8. The monoisotopic (exact) mass is 355 g/mol. The average molecular weight is 357 g/mol. The maximum atomic E-state index is 12.6. The van der Waals surface area contributed by atoms with Crippen molar-refractivity contribution in [2.75, 3.05) is 13.1 Å². The molecule has 2 rings (SSSR count). The summed E-state index contributed by atoms with van der Waals surface area (Å²) in [5, 5.41) is 0.527. The summed E-state index contributed by atoms with van der Waals surface area (Å²) in [4.78, 5) is 0.0915. The number of alkyl halides is 1. The van der Waals surface area contributed by atoms with E-state index in [0.717, 1.165) is 12.8 Å². The van der Waals surface area contributed by atoms with E-state index >= 15 is 0 Å². The zero-order valence-corrected chi connectivity index (χ0v) is 14.2. The molecule has 1 heterocycles. The lowest BCUT2D eigenvalue weighted by atomic mass is 10.0. The van der Waals surface area contributed by atoms with Crippen molar-refractivity contribution in [3.05, 3.63) is 27.7 Å². The third-order valence-corrected chi connectivity index (χ3v) is 6.61. The Hall–Kier alpha value is -0.000000000000000111. The largest absolute Gasteiger partial charge is 0.244 e. The molecule has 0 amide bonds. The van der Waals surface area contributed by atoms with Gasteiger partial charge in [-0.05, 0) is 36.5 Å². The lowest BCUT2D eigenvalue weighted by molar-refractivity contribution is 0.288. The molecule has 0 bridgehead atoms. The highest BCUT2D eigenvalue weighted by Gasteiger charge is 2.30. The van der Waals surface area contributed by atoms with Gasteiger partial charge in [-0.15, -0.1) is 11.6 Å². The van der Waals surface area contributed by atoms with Crippen LogP contribution in [0.15, 0.2) is 17.0 Å². The van der Waals surface area contributed by atoms with Crippen molar-refractivity contribution < 1.29 is 8.42 Å². The van der Waals surface area contributed by atoms with Crippen molar-refractivity contribution >= 4 is 44.8 Å². The number of hydrogen-bond acceptors (Lipinski definition) is 2. The fourth-order valence-electron chi connectivity index (χ4n) is 2.24. The van der Waals surface area contributed by atoms with Gasteiger partial charge < -0.3 is 0 Å². The molecule has 0 aliphatic carbocycles. The lowest BCUT2D eigenvalue weighted by Gasteiger charge is -2.29. The second kappa shape index (κ2) is 6.41. The van der Waals surface area contributed by atoms with Gasteiger partial charge in [0, 0.05) is 24.0 Å². The summed E-state index contributed by atoms with van der Waals surface area (Å²) in [6, 6.07) is 2.92. The zero-order chi connectivity index (χ0) is 14.9.